The lowest BCUT2D eigenvalue weighted by molar-refractivity contribution is -0.143. The molecule has 0 bridgehead atoms. The largest absolute Gasteiger partial charge is 0.416 e. The Kier molecular flexibility index (Phi) is 4.61. The van der Waals surface area contributed by atoms with Crippen LogP contribution in [0.25, 0.3) is 11.6 Å². The Morgan fingerprint density at radius 2 is 1.64 bits per heavy atom. The van der Waals surface area contributed by atoms with Crippen LogP contribution in [-0.4, -0.2) is 25.9 Å². The van der Waals surface area contributed by atoms with Crippen molar-refractivity contribution in [2.45, 2.75) is 12.4 Å². The summed E-state index contributed by atoms with van der Waals surface area (Å²) in [6.45, 7) is 0. The van der Waals surface area contributed by atoms with Crippen molar-refractivity contribution in [2.75, 3.05) is 5.32 Å². The monoisotopic (exact) mass is 405 g/mol. The number of benzene rings is 1. The number of nitrogens with one attached hydrogen (secondary N) is 1. The summed E-state index contributed by atoms with van der Waals surface area (Å²) in [5.41, 5.74) is -3.73. The molecule has 0 aliphatic rings. The van der Waals surface area contributed by atoms with E-state index in [1.54, 1.807) is 7.05 Å². The Bertz CT molecular complexity index is 988. The number of carbonyl (C=O) groups is 1. The van der Waals surface area contributed by atoms with Crippen LogP contribution in [0.1, 0.15) is 21.5 Å². The lowest BCUT2D eigenvalue weighted by atomic mass is 10.0. The number of hydrogen-bond acceptors (Lipinski definition) is 5. The van der Waals surface area contributed by atoms with E-state index in [1.807, 2.05) is 5.32 Å². The fourth-order valence-electron chi connectivity index (χ4n) is 2.22. The number of amides is 1. The Labute approximate surface area is 152 Å². The molecule has 1 N–H and O–H groups in total. The van der Waals surface area contributed by atoms with E-state index < -0.39 is 41.0 Å². The number of carbonyl (C=O) groups excluding carboxylic acids is 1. The van der Waals surface area contributed by atoms with Crippen LogP contribution < -0.4 is 5.32 Å². The van der Waals surface area contributed by atoms with Crippen LogP contribution in [0.2, 0.25) is 0 Å². The van der Waals surface area contributed by atoms with Gasteiger partial charge in [-0.2, -0.15) is 31.4 Å². The van der Waals surface area contributed by atoms with Crippen LogP contribution in [0.5, 0.6) is 0 Å². The Balaban J connectivity index is 1.90. The molecule has 0 atom stereocenters. The van der Waals surface area contributed by atoms with Crippen LogP contribution in [0, 0.1) is 0 Å². The van der Waals surface area contributed by atoms with Crippen molar-refractivity contribution in [3.05, 3.63) is 47.2 Å². The fourth-order valence-corrected chi connectivity index (χ4v) is 2.22. The van der Waals surface area contributed by atoms with Crippen molar-refractivity contribution in [1.29, 1.82) is 0 Å². The predicted octanol–water partition coefficient (Wildman–Crippen LogP) is 3.76. The van der Waals surface area contributed by atoms with E-state index in [2.05, 4.69) is 15.3 Å². The molecule has 0 saturated carbocycles. The Hall–Kier alpha value is -3.38. The zero-order chi connectivity index (χ0) is 20.7. The molecular formula is C15H9F6N5O2. The third-order valence-electron chi connectivity index (χ3n) is 3.54. The van der Waals surface area contributed by atoms with Crippen molar-refractivity contribution in [2.24, 2.45) is 7.05 Å². The highest BCUT2D eigenvalue weighted by atomic mass is 19.4. The molecule has 1 amide bonds. The van der Waals surface area contributed by atoms with Crippen LogP contribution in [-0.2, 0) is 19.4 Å². The van der Waals surface area contributed by atoms with E-state index in [-0.39, 0.29) is 12.0 Å². The zero-order valence-corrected chi connectivity index (χ0v) is 13.8. The van der Waals surface area contributed by atoms with E-state index in [1.165, 1.54) is 16.9 Å². The molecule has 148 valence electrons. The molecule has 2 aromatic heterocycles. The summed E-state index contributed by atoms with van der Waals surface area (Å²) in [5, 5.41) is 13.0. The van der Waals surface area contributed by atoms with Gasteiger partial charge in [-0.25, -0.2) is 0 Å². The third-order valence-corrected chi connectivity index (χ3v) is 3.54. The van der Waals surface area contributed by atoms with Gasteiger partial charge >= 0.3 is 18.4 Å². The molecule has 28 heavy (non-hydrogen) atoms. The second-order valence-corrected chi connectivity index (χ2v) is 5.50. The van der Waals surface area contributed by atoms with Gasteiger partial charge in [0.15, 0.2) is 0 Å². The fraction of sp³-hybridized carbons (Fsp3) is 0.200. The number of rotatable bonds is 3. The van der Waals surface area contributed by atoms with Crippen molar-refractivity contribution in [1.82, 2.24) is 20.0 Å². The average Bonchev–Trinajstić information content (AvgIpc) is 3.21. The van der Waals surface area contributed by atoms with Gasteiger partial charge in [-0.15, -0.1) is 5.10 Å². The normalized spacial score (nSPS) is 12.2. The van der Waals surface area contributed by atoms with Crippen molar-refractivity contribution in [3.63, 3.8) is 0 Å². The smallest absolute Gasteiger partial charge is 0.401 e. The number of halogens is 6. The molecule has 1 aromatic carbocycles. The minimum Gasteiger partial charge on any atom is -0.401 e. The lowest BCUT2D eigenvalue weighted by Gasteiger charge is -2.13. The van der Waals surface area contributed by atoms with E-state index in [0.29, 0.717) is 17.8 Å². The molecule has 13 heteroatoms. The number of alkyl halides is 6. The second-order valence-electron chi connectivity index (χ2n) is 5.50. The van der Waals surface area contributed by atoms with Crippen molar-refractivity contribution in [3.8, 4) is 11.6 Å². The maximum atomic E-state index is 12.9. The van der Waals surface area contributed by atoms with Gasteiger partial charge in [-0.3, -0.25) is 14.8 Å². The average molecular weight is 405 g/mol. The van der Waals surface area contributed by atoms with Gasteiger partial charge < -0.3 is 4.42 Å². The number of anilines is 1. The van der Waals surface area contributed by atoms with Gasteiger partial charge in [-0.05, 0) is 24.3 Å². The first-order valence-electron chi connectivity index (χ1n) is 7.38. The molecule has 7 nitrogen and oxygen atoms in total. The molecule has 0 spiro atoms. The minimum atomic E-state index is -5.08. The summed E-state index contributed by atoms with van der Waals surface area (Å²) in [6.07, 6.45) is -8.72. The highest BCUT2D eigenvalue weighted by Gasteiger charge is 2.37. The van der Waals surface area contributed by atoms with Gasteiger partial charge in [0, 0.05) is 18.8 Å². The van der Waals surface area contributed by atoms with Crippen LogP contribution in [0.15, 0.2) is 34.9 Å². The molecule has 0 unspecified atom stereocenters. The molecule has 0 fully saturated rings. The quantitative estimate of drug-likeness (QED) is 0.671. The summed E-state index contributed by atoms with van der Waals surface area (Å²) >= 11 is 0. The predicted molar refractivity (Wildman–Crippen MR) is 80.9 cm³/mol. The van der Waals surface area contributed by atoms with Gasteiger partial charge in [-0.1, -0.05) is 5.10 Å². The van der Waals surface area contributed by atoms with Crippen molar-refractivity contribution >= 4 is 11.9 Å². The molecule has 0 saturated heterocycles. The summed E-state index contributed by atoms with van der Waals surface area (Å²) in [6, 6.07) is 1.52. The van der Waals surface area contributed by atoms with Crippen LogP contribution in [0.3, 0.4) is 0 Å². The number of aromatic nitrogens is 4. The van der Waals surface area contributed by atoms with E-state index in [0.717, 1.165) is 0 Å². The van der Waals surface area contributed by atoms with Crippen LogP contribution in [0.4, 0.5) is 32.4 Å². The maximum Gasteiger partial charge on any atom is 0.416 e. The second kappa shape index (κ2) is 6.65. The van der Waals surface area contributed by atoms with Gasteiger partial charge in [0.1, 0.15) is 5.69 Å². The zero-order valence-electron chi connectivity index (χ0n) is 13.8. The minimum absolute atomic E-state index is 0.0599. The van der Waals surface area contributed by atoms with Gasteiger partial charge in [0.2, 0.25) is 0 Å². The maximum absolute atomic E-state index is 12.9. The first-order valence-corrected chi connectivity index (χ1v) is 7.38. The molecule has 2 heterocycles. The summed E-state index contributed by atoms with van der Waals surface area (Å²) in [4.78, 5) is 12.1. The standard InChI is InChI=1S/C15H9F6N5O2/c1-26-10(2-3-22-26)12-24-25-13(28-12)23-11(27)7-4-8(14(16,17)18)6-9(5-7)15(19,20)21/h2-6H,1H3,(H,23,25,27). The summed E-state index contributed by atoms with van der Waals surface area (Å²) in [7, 11) is 1.57. The first kappa shape index (κ1) is 19.4. The summed E-state index contributed by atoms with van der Waals surface area (Å²) < 4.78 is 83.8. The van der Waals surface area contributed by atoms with E-state index >= 15 is 0 Å². The molecule has 0 aliphatic carbocycles. The number of aryl methyl sites for hydroxylation is 1. The topological polar surface area (TPSA) is 85.8 Å². The van der Waals surface area contributed by atoms with Crippen molar-refractivity contribution < 1.29 is 35.6 Å². The van der Waals surface area contributed by atoms with Gasteiger partial charge in [0.25, 0.3) is 11.8 Å². The van der Waals surface area contributed by atoms with E-state index in [9.17, 15) is 31.1 Å². The summed E-state index contributed by atoms with van der Waals surface area (Å²) in [5.74, 6) is -1.34. The lowest BCUT2D eigenvalue weighted by Crippen LogP contribution is -2.17. The van der Waals surface area contributed by atoms with Crippen LogP contribution >= 0.6 is 0 Å². The highest BCUT2D eigenvalue weighted by molar-refractivity contribution is 6.03. The molecule has 0 radical (unpaired) electrons. The Morgan fingerprint density at radius 3 is 2.14 bits per heavy atom. The first-order chi connectivity index (χ1) is 12.9. The molecule has 0 aliphatic heterocycles. The van der Waals surface area contributed by atoms with Gasteiger partial charge in [0.05, 0.1) is 11.1 Å². The SMILES string of the molecule is Cn1nccc1-c1nnc(NC(=O)c2cc(C(F)(F)F)cc(C(F)(F)F)c2)o1. The Morgan fingerprint density at radius 1 is 1.04 bits per heavy atom. The third kappa shape index (κ3) is 3.97. The molecular weight excluding hydrogens is 396 g/mol. The number of nitrogens with zero attached hydrogens (tertiary/aromatic N) is 4. The van der Waals surface area contributed by atoms with E-state index in [4.69, 9.17) is 4.42 Å². The molecule has 3 rings (SSSR count). The highest BCUT2D eigenvalue weighted by Crippen LogP contribution is 2.36. The molecule has 3 aromatic rings. The number of hydrogen-bond donors (Lipinski definition) is 1.